The third kappa shape index (κ3) is 5.78. The molecule has 0 aliphatic carbocycles. The van der Waals surface area contributed by atoms with Gasteiger partial charge in [0.1, 0.15) is 23.5 Å². The summed E-state index contributed by atoms with van der Waals surface area (Å²) in [6.07, 6.45) is 0. The second kappa shape index (κ2) is 11.0. The minimum atomic E-state index is -0.564. The summed E-state index contributed by atoms with van der Waals surface area (Å²) >= 11 is 1.25. The summed E-state index contributed by atoms with van der Waals surface area (Å²) in [6.45, 7) is 1.52. The van der Waals surface area contributed by atoms with E-state index in [1.165, 1.54) is 24.9 Å². The zero-order valence-electron chi connectivity index (χ0n) is 19.1. The summed E-state index contributed by atoms with van der Waals surface area (Å²) in [6, 6.07) is 21.1. The summed E-state index contributed by atoms with van der Waals surface area (Å²) in [4.78, 5) is 11.1. The molecule has 1 atom stereocenters. The van der Waals surface area contributed by atoms with Crippen molar-refractivity contribution in [3.05, 3.63) is 106 Å². The minimum absolute atomic E-state index is 0.0227. The van der Waals surface area contributed by atoms with Gasteiger partial charge in [-0.1, -0.05) is 54.2 Å². The Hall–Kier alpha value is -3.92. The Morgan fingerprint density at radius 1 is 1.06 bits per heavy atom. The van der Waals surface area contributed by atoms with Crippen molar-refractivity contribution in [2.75, 3.05) is 13.7 Å². The van der Waals surface area contributed by atoms with Gasteiger partial charge in [-0.2, -0.15) is 0 Å². The SMILES string of the molecule is COc1cc([C@@H](C[N+](=O)[O-])Sc2nnc(C)n2-c2ccccc2)ccc1OCc1ccccc1F. The van der Waals surface area contributed by atoms with Gasteiger partial charge in [-0.25, -0.2) is 4.39 Å². The van der Waals surface area contributed by atoms with E-state index in [1.54, 1.807) is 36.4 Å². The summed E-state index contributed by atoms with van der Waals surface area (Å²) in [5.41, 5.74) is 1.95. The second-order valence-electron chi connectivity index (χ2n) is 7.61. The first-order chi connectivity index (χ1) is 17.0. The van der Waals surface area contributed by atoms with Crippen LogP contribution in [0.4, 0.5) is 4.39 Å². The van der Waals surface area contributed by atoms with E-state index in [9.17, 15) is 14.5 Å². The van der Waals surface area contributed by atoms with Crippen molar-refractivity contribution in [1.82, 2.24) is 14.8 Å². The monoisotopic (exact) mass is 494 g/mol. The van der Waals surface area contributed by atoms with Crippen molar-refractivity contribution in [2.45, 2.75) is 23.9 Å². The van der Waals surface area contributed by atoms with Crippen molar-refractivity contribution < 1.29 is 18.8 Å². The molecule has 10 heteroatoms. The van der Waals surface area contributed by atoms with Crippen molar-refractivity contribution in [2.24, 2.45) is 0 Å². The molecule has 0 amide bonds. The maximum Gasteiger partial charge on any atom is 0.220 e. The van der Waals surface area contributed by atoms with Crippen LogP contribution >= 0.6 is 11.8 Å². The highest BCUT2D eigenvalue weighted by atomic mass is 32.2. The van der Waals surface area contributed by atoms with Crippen LogP contribution in [0.1, 0.15) is 22.2 Å². The van der Waals surface area contributed by atoms with Crippen LogP contribution in [0.3, 0.4) is 0 Å². The van der Waals surface area contributed by atoms with Crippen molar-refractivity contribution in [3.63, 3.8) is 0 Å². The summed E-state index contributed by atoms with van der Waals surface area (Å²) < 4.78 is 27.1. The number of ether oxygens (including phenoxy) is 2. The van der Waals surface area contributed by atoms with E-state index in [1.807, 2.05) is 41.8 Å². The number of hydrogen-bond acceptors (Lipinski definition) is 7. The molecule has 35 heavy (non-hydrogen) atoms. The standard InChI is InChI=1S/C25H23FN4O4S/c1-17-27-28-25(30(17)20-9-4-3-5-10-20)35-24(15-29(31)32)18-12-13-22(23(14-18)33-2)34-16-19-8-6-7-11-21(19)26/h3-14,24H,15-16H2,1-2H3/t24-/m1/s1. The average molecular weight is 495 g/mol. The zero-order valence-corrected chi connectivity index (χ0v) is 19.9. The van der Waals surface area contributed by atoms with E-state index >= 15 is 0 Å². The smallest absolute Gasteiger partial charge is 0.220 e. The lowest BCUT2D eigenvalue weighted by Crippen LogP contribution is -2.11. The quantitative estimate of drug-likeness (QED) is 0.165. The van der Waals surface area contributed by atoms with Gasteiger partial charge in [0.05, 0.1) is 7.11 Å². The highest BCUT2D eigenvalue weighted by Gasteiger charge is 2.25. The van der Waals surface area contributed by atoms with Crippen molar-refractivity contribution >= 4 is 11.8 Å². The van der Waals surface area contributed by atoms with Crippen LogP contribution < -0.4 is 9.47 Å². The molecule has 0 aliphatic heterocycles. The summed E-state index contributed by atoms with van der Waals surface area (Å²) in [7, 11) is 1.49. The molecule has 1 heterocycles. The van der Waals surface area contributed by atoms with E-state index in [0.717, 1.165) is 5.69 Å². The topological polar surface area (TPSA) is 92.3 Å². The van der Waals surface area contributed by atoms with Crippen molar-refractivity contribution in [1.29, 1.82) is 0 Å². The largest absolute Gasteiger partial charge is 0.493 e. The van der Waals surface area contributed by atoms with Crippen molar-refractivity contribution in [3.8, 4) is 17.2 Å². The van der Waals surface area contributed by atoms with E-state index in [2.05, 4.69) is 10.2 Å². The molecular weight excluding hydrogens is 471 g/mol. The van der Waals surface area contributed by atoms with Crippen LogP contribution in [0.2, 0.25) is 0 Å². The van der Waals surface area contributed by atoms with Gasteiger partial charge < -0.3 is 9.47 Å². The number of thioether (sulfide) groups is 1. The fourth-order valence-electron chi connectivity index (χ4n) is 3.54. The van der Waals surface area contributed by atoms with Crippen LogP contribution in [-0.2, 0) is 6.61 Å². The highest BCUT2D eigenvalue weighted by molar-refractivity contribution is 7.99. The summed E-state index contributed by atoms with van der Waals surface area (Å²) in [5.74, 6) is 1.12. The Balaban J connectivity index is 1.61. The molecule has 0 saturated carbocycles. The molecule has 4 rings (SSSR count). The molecular formula is C25H23FN4O4S. The fraction of sp³-hybridized carbons (Fsp3) is 0.200. The van der Waals surface area contributed by atoms with Gasteiger partial charge in [0.25, 0.3) is 0 Å². The zero-order chi connectivity index (χ0) is 24.8. The Kier molecular flexibility index (Phi) is 7.61. The highest BCUT2D eigenvalue weighted by Crippen LogP contribution is 2.39. The van der Waals surface area contributed by atoms with Gasteiger partial charge in [0.2, 0.25) is 6.54 Å². The molecule has 8 nitrogen and oxygen atoms in total. The number of hydrogen-bond donors (Lipinski definition) is 0. The van der Waals surface area contributed by atoms with Gasteiger partial charge in [-0.15, -0.1) is 10.2 Å². The van der Waals surface area contributed by atoms with E-state index < -0.39 is 5.25 Å². The fourth-order valence-corrected chi connectivity index (χ4v) is 4.71. The molecule has 3 aromatic carbocycles. The van der Waals surface area contributed by atoms with Crippen LogP contribution in [0.15, 0.2) is 78.0 Å². The molecule has 0 saturated heterocycles. The molecule has 0 bridgehead atoms. The van der Waals surface area contributed by atoms with Gasteiger partial charge in [-0.05, 0) is 42.8 Å². The van der Waals surface area contributed by atoms with Crippen LogP contribution in [0.5, 0.6) is 11.5 Å². The maximum absolute atomic E-state index is 13.9. The third-order valence-electron chi connectivity index (χ3n) is 5.27. The Labute approximate surface area is 205 Å². The first kappa shape index (κ1) is 24.2. The van der Waals surface area contributed by atoms with Gasteiger partial charge in [0, 0.05) is 16.2 Å². The number of halogens is 1. The summed E-state index contributed by atoms with van der Waals surface area (Å²) in [5, 5.41) is 19.9. The van der Waals surface area contributed by atoms with E-state index in [0.29, 0.717) is 33.6 Å². The maximum atomic E-state index is 13.9. The Morgan fingerprint density at radius 2 is 1.80 bits per heavy atom. The second-order valence-corrected chi connectivity index (χ2v) is 8.78. The van der Waals surface area contributed by atoms with E-state index in [-0.39, 0.29) is 23.9 Å². The Morgan fingerprint density at radius 3 is 2.51 bits per heavy atom. The molecule has 0 spiro atoms. The molecule has 180 valence electrons. The lowest BCUT2D eigenvalue weighted by Gasteiger charge is -2.17. The molecule has 0 aliphatic rings. The minimum Gasteiger partial charge on any atom is -0.493 e. The number of para-hydroxylation sites is 1. The number of nitrogens with zero attached hydrogens (tertiary/aromatic N) is 4. The number of aromatic nitrogens is 3. The average Bonchev–Trinajstić information content (AvgIpc) is 3.23. The van der Waals surface area contributed by atoms with Gasteiger partial charge in [-0.3, -0.25) is 14.7 Å². The predicted molar refractivity (Wildman–Crippen MR) is 130 cm³/mol. The number of methoxy groups -OCH3 is 1. The van der Waals surface area contributed by atoms with Gasteiger partial charge in [0.15, 0.2) is 16.7 Å². The third-order valence-corrected chi connectivity index (χ3v) is 6.45. The molecule has 0 unspecified atom stereocenters. The number of benzene rings is 3. The predicted octanol–water partition coefficient (Wildman–Crippen LogP) is 5.41. The van der Waals surface area contributed by atoms with Crippen LogP contribution in [-0.4, -0.2) is 33.3 Å². The first-order valence-corrected chi connectivity index (χ1v) is 11.6. The molecule has 0 radical (unpaired) electrons. The molecule has 0 N–H and O–H groups in total. The molecule has 1 aromatic heterocycles. The van der Waals surface area contributed by atoms with Crippen LogP contribution in [0, 0.1) is 22.9 Å². The molecule has 4 aromatic rings. The normalized spacial score (nSPS) is 11.7. The number of nitro groups is 1. The number of aryl methyl sites for hydroxylation is 1. The van der Waals surface area contributed by atoms with E-state index in [4.69, 9.17) is 9.47 Å². The lowest BCUT2D eigenvalue weighted by molar-refractivity contribution is -0.479. The lowest BCUT2D eigenvalue weighted by atomic mass is 10.1. The molecule has 0 fully saturated rings. The van der Waals surface area contributed by atoms with Crippen LogP contribution in [0.25, 0.3) is 5.69 Å². The van der Waals surface area contributed by atoms with Gasteiger partial charge >= 0.3 is 0 Å². The first-order valence-electron chi connectivity index (χ1n) is 10.8. The Bertz CT molecular complexity index is 1320. The number of rotatable bonds is 10.